The van der Waals surface area contributed by atoms with E-state index < -0.39 is 0 Å². The Bertz CT molecular complexity index is 530. The van der Waals surface area contributed by atoms with E-state index >= 15 is 0 Å². The number of hydrogen-bond donors (Lipinski definition) is 0. The van der Waals surface area contributed by atoms with Crippen molar-refractivity contribution < 1.29 is 0 Å². The standard InChI is InChI=1S/C23H35N/c1-7-22(23(8-2)15-16-24-18(3)4)14-11-20(6)17-21-12-9-19(5)10-13-21/h7-8,11,14-15,19,21H,1-2,9-10,12-13,16-17H2,3-6H3/b20-11+,22-14+,23-15?/t19-,21-. The Balaban J connectivity index is 2.72. The molecule has 0 aromatic rings. The normalized spacial score (nSPS) is 22.9. The predicted molar refractivity (Wildman–Crippen MR) is 110 cm³/mol. The molecular weight excluding hydrogens is 290 g/mol. The van der Waals surface area contributed by atoms with Crippen LogP contribution in [0.4, 0.5) is 0 Å². The van der Waals surface area contributed by atoms with E-state index in [2.05, 4.69) is 50.2 Å². The van der Waals surface area contributed by atoms with Crippen molar-refractivity contribution in [2.45, 2.75) is 59.8 Å². The van der Waals surface area contributed by atoms with E-state index in [1.165, 1.54) is 37.7 Å². The van der Waals surface area contributed by atoms with Crippen LogP contribution in [-0.4, -0.2) is 12.3 Å². The maximum absolute atomic E-state index is 4.42. The molecular formula is C23H35N. The fraction of sp³-hybridized carbons (Fsp3) is 0.522. The van der Waals surface area contributed by atoms with Crippen LogP contribution in [0.1, 0.15) is 59.8 Å². The monoisotopic (exact) mass is 325 g/mol. The van der Waals surface area contributed by atoms with E-state index in [0.717, 1.165) is 28.7 Å². The summed E-state index contributed by atoms with van der Waals surface area (Å²) in [6, 6.07) is 0. The lowest BCUT2D eigenvalue weighted by molar-refractivity contribution is 0.288. The molecule has 1 saturated carbocycles. The maximum Gasteiger partial charge on any atom is 0.0578 e. The van der Waals surface area contributed by atoms with Gasteiger partial charge in [0.2, 0.25) is 0 Å². The summed E-state index contributed by atoms with van der Waals surface area (Å²) in [5.74, 6) is 1.79. The fourth-order valence-corrected chi connectivity index (χ4v) is 3.22. The number of hydrogen-bond acceptors (Lipinski definition) is 1. The summed E-state index contributed by atoms with van der Waals surface area (Å²) in [4.78, 5) is 4.42. The van der Waals surface area contributed by atoms with Crippen LogP contribution in [0.5, 0.6) is 0 Å². The van der Waals surface area contributed by atoms with Gasteiger partial charge in [-0.05, 0) is 63.0 Å². The topological polar surface area (TPSA) is 12.4 Å². The summed E-state index contributed by atoms with van der Waals surface area (Å²) in [7, 11) is 0. The van der Waals surface area contributed by atoms with Gasteiger partial charge in [0, 0.05) is 5.71 Å². The van der Waals surface area contributed by atoms with Gasteiger partial charge in [0.05, 0.1) is 6.54 Å². The number of nitrogens with zero attached hydrogens (tertiary/aromatic N) is 1. The molecule has 0 unspecified atom stereocenters. The zero-order valence-electron chi connectivity index (χ0n) is 16.1. The highest BCUT2D eigenvalue weighted by Crippen LogP contribution is 2.32. The highest BCUT2D eigenvalue weighted by atomic mass is 14.7. The molecule has 1 rings (SSSR count). The van der Waals surface area contributed by atoms with Gasteiger partial charge in [-0.25, -0.2) is 0 Å². The molecule has 0 atom stereocenters. The molecule has 0 amide bonds. The Morgan fingerprint density at radius 3 is 2.12 bits per heavy atom. The average Bonchev–Trinajstić information content (AvgIpc) is 2.55. The minimum absolute atomic E-state index is 0.692. The Kier molecular flexibility index (Phi) is 9.37. The molecule has 1 aliphatic rings. The van der Waals surface area contributed by atoms with Crippen molar-refractivity contribution in [3.8, 4) is 0 Å². The van der Waals surface area contributed by atoms with Gasteiger partial charge in [0.15, 0.2) is 0 Å². The maximum atomic E-state index is 4.42. The molecule has 0 N–H and O–H groups in total. The van der Waals surface area contributed by atoms with Crippen molar-refractivity contribution in [3.05, 3.63) is 60.3 Å². The first-order valence-electron chi connectivity index (χ1n) is 9.26. The summed E-state index contributed by atoms with van der Waals surface area (Å²) < 4.78 is 0. The molecule has 1 heteroatoms. The minimum Gasteiger partial charge on any atom is -0.291 e. The SMILES string of the molecule is C=CC(=CCN=C(C)C)/C(C=C)=C/C=C(\C)C[C@H]1CC[C@H](C)CC1. The molecule has 24 heavy (non-hydrogen) atoms. The third-order valence-electron chi connectivity index (χ3n) is 4.79. The van der Waals surface area contributed by atoms with Crippen LogP contribution in [0, 0.1) is 11.8 Å². The Morgan fingerprint density at radius 1 is 0.958 bits per heavy atom. The van der Waals surface area contributed by atoms with Crippen LogP contribution in [-0.2, 0) is 0 Å². The van der Waals surface area contributed by atoms with Crippen LogP contribution in [0.3, 0.4) is 0 Å². The number of aliphatic imine (C=N–C) groups is 1. The Labute approximate surface area is 149 Å². The summed E-state index contributed by atoms with van der Waals surface area (Å²) >= 11 is 0. The van der Waals surface area contributed by atoms with Gasteiger partial charge in [0.1, 0.15) is 0 Å². The van der Waals surface area contributed by atoms with Crippen molar-refractivity contribution in [1.29, 1.82) is 0 Å². The van der Waals surface area contributed by atoms with Gasteiger partial charge in [-0.1, -0.05) is 68.9 Å². The molecule has 0 bridgehead atoms. The predicted octanol–water partition coefficient (Wildman–Crippen LogP) is 6.85. The van der Waals surface area contributed by atoms with Crippen LogP contribution in [0.2, 0.25) is 0 Å². The molecule has 1 aliphatic carbocycles. The molecule has 0 spiro atoms. The number of allylic oxidation sites excluding steroid dienone is 7. The largest absolute Gasteiger partial charge is 0.291 e. The molecule has 1 nitrogen and oxygen atoms in total. The van der Waals surface area contributed by atoms with Crippen LogP contribution in [0.15, 0.2) is 65.2 Å². The first-order valence-corrected chi connectivity index (χ1v) is 9.26. The van der Waals surface area contributed by atoms with Crippen molar-refractivity contribution >= 4 is 5.71 Å². The van der Waals surface area contributed by atoms with Crippen LogP contribution in [0.25, 0.3) is 0 Å². The molecule has 1 fully saturated rings. The van der Waals surface area contributed by atoms with Crippen molar-refractivity contribution in [3.63, 3.8) is 0 Å². The van der Waals surface area contributed by atoms with Gasteiger partial charge in [0.25, 0.3) is 0 Å². The van der Waals surface area contributed by atoms with Gasteiger partial charge >= 0.3 is 0 Å². The van der Waals surface area contributed by atoms with E-state index in [-0.39, 0.29) is 0 Å². The molecule has 0 aliphatic heterocycles. The Hall–Kier alpha value is -1.63. The summed E-state index contributed by atoms with van der Waals surface area (Å²) in [6.07, 6.45) is 17.1. The van der Waals surface area contributed by atoms with Gasteiger partial charge < -0.3 is 0 Å². The summed E-state index contributed by atoms with van der Waals surface area (Å²) in [6.45, 7) is 17.2. The van der Waals surface area contributed by atoms with Crippen LogP contribution >= 0.6 is 0 Å². The first-order chi connectivity index (χ1) is 11.5. The smallest absolute Gasteiger partial charge is 0.0578 e. The molecule has 0 aromatic carbocycles. The van der Waals surface area contributed by atoms with Gasteiger partial charge in [-0.3, -0.25) is 4.99 Å². The second-order valence-electron chi connectivity index (χ2n) is 7.32. The second kappa shape index (κ2) is 11.0. The lowest BCUT2D eigenvalue weighted by Crippen LogP contribution is -2.12. The molecule has 0 aromatic heterocycles. The van der Waals surface area contributed by atoms with Gasteiger partial charge in [-0.15, -0.1) is 0 Å². The average molecular weight is 326 g/mol. The highest BCUT2D eigenvalue weighted by molar-refractivity contribution is 5.79. The zero-order chi connectivity index (χ0) is 17.9. The lowest BCUT2D eigenvalue weighted by Gasteiger charge is -2.26. The second-order valence-corrected chi connectivity index (χ2v) is 7.32. The van der Waals surface area contributed by atoms with Crippen molar-refractivity contribution in [1.82, 2.24) is 0 Å². The molecule has 0 heterocycles. The number of rotatable bonds is 8. The fourth-order valence-electron chi connectivity index (χ4n) is 3.22. The minimum atomic E-state index is 0.692. The third-order valence-corrected chi connectivity index (χ3v) is 4.79. The quantitative estimate of drug-likeness (QED) is 0.341. The van der Waals surface area contributed by atoms with Crippen LogP contribution < -0.4 is 0 Å². The zero-order valence-corrected chi connectivity index (χ0v) is 16.1. The highest BCUT2D eigenvalue weighted by Gasteiger charge is 2.17. The molecule has 0 saturated heterocycles. The third kappa shape index (κ3) is 7.77. The summed E-state index contributed by atoms with van der Waals surface area (Å²) in [5.41, 5.74) is 4.77. The Morgan fingerprint density at radius 2 is 1.58 bits per heavy atom. The van der Waals surface area contributed by atoms with Gasteiger partial charge in [-0.2, -0.15) is 0 Å². The van der Waals surface area contributed by atoms with E-state index in [4.69, 9.17) is 0 Å². The van der Waals surface area contributed by atoms with E-state index in [1.807, 2.05) is 26.0 Å². The molecule has 132 valence electrons. The van der Waals surface area contributed by atoms with E-state index in [1.54, 1.807) is 0 Å². The van der Waals surface area contributed by atoms with E-state index in [0.29, 0.717) is 6.54 Å². The first kappa shape index (κ1) is 20.4. The van der Waals surface area contributed by atoms with E-state index in [9.17, 15) is 0 Å². The van der Waals surface area contributed by atoms with Crippen molar-refractivity contribution in [2.75, 3.05) is 6.54 Å². The summed E-state index contributed by atoms with van der Waals surface area (Å²) in [5, 5.41) is 0. The lowest BCUT2D eigenvalue weighted by atomic mass is 9.80. The molecule has 0 radical (unpaired) electrons. The van der Waals surface area contributed by atoms with Crippen molar-refractivity contribution in [2.24, 2.45) is 16.8 Å².